The zero-order valence-electron chi connectivity index (χ0n) is 14.3. The average molecular weight is 370 g/mol. The van der Waals surface area contributed by atoms with E-state index < -0.39 is 15.9 Å². The number of hydrogen-bond donors (Lipinski definition) is 3. The lowest BCUT2D eigenvalue weighted by atomic mass is 10.0. The van der Waals surface area contributed by atoms with Crippen molar-refractivity contribution < 1.29 is 13.2 Å². The normalized spacial score (nSPS) is 11.9. The Balaban J connectivity index is 2.15. The predicted octanol–water partition coefficient (Wildman–Crippen LogP) is 2.55. The topological polar surface area (TPSA) is 117 Å². The van der Waals surface area contributed by atoms with Crippen LogP contribution < -0.4 is 11.2 Å². The number of nitrogens with one attached hydrogen (secondary N) is 2. The van der Waals surface area contributed by atoms with Crippen LogP contribution in [0.2, 0.25) is 0 Å². The number of carbonyl (C=O) groups excluding carboxylic acids is 1. The fourth-order valence-corrected chi connectivity index (χ4v) is 3.35. The molecule has 0 bridgehead atoms. The Morgan fingerprint density at radius 3 is 2.50 bits per heavy atom. The number of amides is 2. The minimum absolute atomic E-state index is 0.249. The molecule has 2 amide bonds. The van der Waals surface area contributed by atoms with Crippen LogP contribution in [0.1, 0.15) is 11.1 Å². The van der Waals surface area contributed by atoms with Gasteiger partial charge < -0.3 is 10.7 Å². The molecule has 0 radical (unpaired) electrons. The molecule has 0 saturated heterocycles. The van der Waals surface area contributed by atoms with Crippen LogP contribution in [-0.4, -0.2) is 31.9 Å². The molecule has 0 aliphatic rings. The Kier molecular flexibility index (Phi) is 4.52. The van der Waals surface area contributed by atoms with E-state index in [0.717, 1.165) is 33.3 Å². The van der Waals surface area contributed by atoms with Gasteiger partial charge in [0.2, 0.25) is 0 Å². The summed E-state index contributed by atoms with van der Waals surface area (Å²) >= 11 is 0. The number of hydrazone groups is 1. The molecular weight excluding hydrogens is 352 g/mol. The lowest BCUT2D eigenvalue weighted by Gasteiger charge is -2.03. The number of aromatic amines is 1. The maximum atomic E-state index is 11.7. The highest BCUT2D eigenvalue weighted by Crippen LogP contribution is 2.30. The third kappa shape index (κ3) is 3.60. The second kappa shape index (κ2) is 6.64. The van der Waals surface area contributed by atoms with Crippen LogP contribution in [0.5, 0.6) is 0 Å². The first-order valence-electron chi connectivity index (χ1n) is 7.77. The largest absolute Gasteiger partial charge is 0.354 e. The summed E-state index contributed by atoms with van der Waals surface area (Å²) in [6.07, 6.45) is 2.68. The average Bonchev–Trinajstić information content (AvgIpc) is 2.92. The molecule has 0 aliphatic carbocycles. The Labute approximate surface area is 150 Å². The number of H-pyrrole nitrogens is 1. The molecule has 26 heavy (non-hydrogen) atoms. The van der Waals surface area contributed by atoms with Crippen molar-refractivity contribution in [2.75, 3.05) is 6.26 Å². The minimum atomic E-state index is -3.26. The van der Waals surface area contributed by atoms with Crippen LogP contribution in [-0.2, 0) is 9.84 Å². The van der Waals surface area contributed by atoms with Gasteiger partial charge >= 0.3 is 6.03 Å². The van der Waals surface area contributed by atoms with Gasteiger partial charge in [-0.2, -0.15) is 5.10 Å². The minimum Gasteiger partial charge on any atom is -0.354 e. The Morgan fingerprint density at radius 2 is 1.88 bits per heavy atom. The molecule has 2 aromatic carbocycles. The van der Waals surface area contributed by atoms with E-state index >= 15 is 0 Å². The van der Waals surface area contributed by atoms with E-state index in [0.29, 0.717) is 0 Å². The molecule has 0 spiro atoms. The molecule has 1 aromatic heterocycles. The summed E-state index contributed by atoms with van der Waals surface area (Å²) in [5.41, 5.74) is 11.5. The zero-order valence-corrected chi connectivity index (χ0v) is 15.1. The molecule has 0 aliphatic heterocycles. The SMILES string of the molecule is Cc1ccc2[nH]c(-c3ccc(S(C)(=O)=O)cc3)c(/C=N/NC(N)=O)c2c1. The number of aromatic nitrogens is 1. The second-order valence-electron chi connectivity index (χ2n) is 5.99. The molecule has 1 heterocycles. The summed E-state index contributed by atoms with van der Waals surface area (Å²) in [4.78, 5) is 14.4. The zero-order chi connectivity index (χ0) is 18.9. The van der Waals surface area contributed by atoms with E-state index in [-0.39, 0.29) is 4.90 Å². The first kappa shape index (κ1) is 17.7. The van der Waals surface area contributed by atoms with Crippen molar-refractivity contribution >= 4 is 33.0 Å². The first-order valence-corrected chi connectivity index (χ1v) is 9.66. The third-order valence-electron chi connectivity index (χ3n) is 3.93. The van der Waals surface area contributed by atoms with Gasteiger partial charge in [-0.1, -0.05) is 23.8 Å². The van der Waals surface area contributed by atoms with Gasteiger partial charge in [0.15, 0.2) is 9.84 Å². The quantitative estimate of drug-likeness (QED) is 0.484. The van der Waals surface area contributed by atoms with E-state index in [9.17, 15) is 13.2 Å². The van der Waals surface area contributed by atoms with Gasteiger partial charge in [-0.05, 0) is 36.8 Å². The number of benzene rings is 2. The summed E-state index contributed by atoms with van der Waals surface area (Å²) < 4.78 is 23.3. The van der Waals surface area contributed by atoms with Gasteiger partial charge in [-0.25, -0.2) is 18.6 Å². The highest BCUT2D eigenvalue weighted by atomic mass is 32.2. The van der Waals surface area contributed by atoms with Crippen molar-refractivity contribution in [3.05, 3.63) is 53.6 Å². The molecule has 0 atom stereocenters. The van der Waals surface area contributed by atoms with Gasteiger partial charge in [0.25, 0.3) is 0 Å². The number of rotatable bonds is 4. The van der Waals surface area contributed by atoms with Gasteiger partial charge in [0.1, 0.15) is 0 Å². The van der Waals surface area contributed by atoms with Crippen molar-refractivity contribution in [2.24, 2.45) is 10.8 Å². The van der Waals surface area contributed by atoms with E-state index in [1.54, 1.807) is 24.3 Å². The van der Waals surface area contributed by atoms with Crippen molar-refractivity contribution in [1.82, 2.24) is 10.4 Å². The molecule has 3 aromatic rings. The van der Waals surface area contributed by atoms with Crippen LogP contribution in [0, 0.1) is 6.92 Å². The highest BCUT2D eigenvalue weighted by Gasteiger charge is 2.13. The number of sulfone groups is 1. The maximum absolute atomic E-state index is 11.7. The molecule has 8 heteroatoms. The number of aryl methyl sites for hydroxylation is 1. The molecular formula is C18H18N4O3S. The molecule has 3 rings (SSSR count). The molecule has 134 valence electrons. The second-order valence-corrected chi connectivity index (χ2v) is 8.01. The molecule has 4 N–H and O–H groups in total. The molecule has 0 unspecified atom stereocenters. The van der Waals surface area contributed by atoms with Gasteiger partial charge in [0, 0.05) is 22.7 Å². The Bertz CT molecular complexity index is 1110. The lowest BCUT2D eigenvalue weighted by Crippen LogP contribution is -2.24. The summed E-state index contributed by atoms with van der Waals surface area (Å²) in [5, 5.41) is 4.80. The predicted molar refractivity (Wildman–Crippen MR) is 102 cm³/mol. The molecule has 7 nitrogen and oxygen atoms in total. The van der Waals surface area contributed by atoms with E-state index in [4.69, 9.17) is 5.73 Å². The van der Waals surface area contributed by atoms with Crippen molar-refractivity contribution in [3.63, 3.8) is 0 Å². The van der Waals surface area contributed by atoms with Gasteiger partial charge in [-0.15, -0.1) is 0 Å². The number of hydrogen-bond acceptors (Lipinski definition) is 4. The van der Waals surface area contributed by atoms with E-state index in [1.807, 2.05) is 25.1 Å². The third-order valence-corrected chi connectivity index (χ3v) is 5.06. The highest BCUT2D eigenvalue weighted by molar-refractivity contribution is 7.90. The van der Waals surface area contributed by atoms with Crippen molar-refractivity contribution in [3.8, 4) is 11.3 Å². The number of carbonyl (C=O) groups is 1. The van der Waals surface area contributed by atoms with Crippen LogP contribution in [0.3, 0.4) is 0 Å². The monoisotopic (exact) mass is 370 g/mol. The van der Waals surface area contributed by atoms with Crippen LogP contribution in [0.25, 0.3) is 22.2 Å². The molecule has 0 saturated carbocycles. The van der Waals surface area contributed by atoms with Crippen LogP contribution in [0.15, 0.2) is 52.5 Å². The first-order chi connectivity index (χ1) is 12.3. The van der Waals surface area contributed by atoms with Gasteiger partial charge in [-0.3, -0.25) is 0 Å². The Morgan fingerprint density at radius 1 is 1.19 bits per heavy atom. The maximum Gasteiger partial charge on any atom is 0.332 e. The molecule has 0 fully saturated rings. The van der Waals surface area contributed by atoms with E-state index in [2.05, 4.69) is 15.5 Å². The number of primary amides is 1. The summed E-state index contributed by atoms with van der Waals surface area (Å²) in [7, 11) is -3.26. The van der Waals surface area contributed by atoms with Crippen LogP contribution >= 0.6 is 0 Å². The number of nitrogens with zero attached hydrogens (tertiary/aromatic N) is 1. The smallest absolute Gasteiger partial charge is 0.332 e. The van der Waals surface area contributed by atoms with E-state index in [1.165, 1.54) is 12.5 Å². The standard InChI is InChI=1S/C18H18N4O3S/c1-11-3-8-16-14(9-11)15(10-20-22-18(19)23)17(21-16)12-4-6-13(7-5-12)26(2,24)25/h3-10,21H,1-2H3,(H3,19,22,23)/b20-10+. The summed E-state index contributed by atoms with van der Waals surface area (Å²) in [5.74, 6) is 0. The van der Waals surface area contributed by atoms with Crippen molar-refractivity contribution in [2.45, 2.75) is 11.8 Å². The fraction of sp³-hybridized carbons (Fsp3) is 0.111. The lowest BCUT2D eigenvalue weighted by molar-refractivity contribution is 0.249. The number of nitrogens with two attached hydrogens (primary N) is 1. The number of fused-ring (bicyclic) bond motifs is 1. The van der Waals surface area contributed by atoms with Gasteiger partial charge in [0.05, 0.1) is 16.8 Å². The Hall–Kier alpha value is -3.13. The summed E-state index contributed by atoms with van der Waals surface area (Å²) in [6, 6.07) is 11.8. The van der Waals surface area contributed by atoms with Crippen LogP contribution in [0.4, 0.5) is 4.79 Å². The summed E-state index contributed by atoms with van der Waals surface area (Å²) in [6.45, 7) is 1.98. The van der Waals surface area contributed by atoms with Crippen molar-refractivity contribution in [1.29, 1.82) is 0 Å². The fourth-order valence-electron chi connectivity index (χ4n) is 2.72. The number of urea groups is 1.